The Bertz CT molecular complexity index is 1790. The summed E-state index contributed by atoms with van der Waals surface area (Å²) in [6.07, 6.45) is 7.94. The molecule has 310 valence electrons. The Hall–Kier alpha value is -3.66. The van der Waals surface area contributed by atoms with Crippen LogP contribution >= 0.6 is 35.3 Å². The molecule has 57 heavy (non-hydrogen) atoms. The third kappa shape index (κ3) is 14.9. The predicted molar refractivity (Wildman–Crippen MR) is 230 cm³/mol. The zero-order chi connectivity index (χ0) is 41.2. The molecule has 0 aliphatic carbocycles. The minimum absolute atomic E-state index is 0.0374. The van der Waals surface area contributed by atoms with E-state index < -0.39 is 23.1 Å². The number of thioether (sulfide) groups is 3. The number of imidazole rings is 1. The highest BCUT2D eigenvalue weighted by molar-refractivity contribution is 8.02. The minimum Gasteiger partial charge on any atom is -0.355 e. The van der Waals surface area contributed by atoms with Gasteiger partial charge in [-0.15, -0.1) is 0 Å². The molecular weight excluding hydrogens is 787 g/mol. The molecule has 4 amide bonds. The molecule has 3 aromatic rings. The maximum atomic E-state index is 15.0. The van der Waals surface area contributed by atoms with Crippen LogP contribution in [-0.2, 0) is 25.7 Å². The number of halogens is 2. The molecule has 1 aliphatic heterocycles. The quantitative estimate of drug-likeness (QED) is 0.0689. The zero-order valence-electron chi connectivity index (χ0n) is 33.2. The second-order valence-corrected chi connectivity index (χ2v) is 18.4. The molecule has 0 spiro atoms. The normalized spacial score (nSPS) is 13.4. The molecule has 3 N–H and O–H groups in total. The summed E-state index contributed by atoms with van der Waals surface area (Å²) in [5, 5.41) is 2.99. The lowest BCUT2D eigenvalue weighted by molar-refractivity contribution is -0.136. The first-order valence-electron chi connectivity index (χ1n) is 19.5. The summed E-state index contributed by atoms with van der Waals surface area (Å²) >= 11 is 5.03. The predicted octanol–water partition coefficient (Wildman–Crippen LogP) is 6.94. The summed E-state index contributed by atoms with van der Waals surface area (Å²) in [5.74, 6) is 3.40. The van der Waals surface area contributed by atoms with Crippen LogP contribution < -0.4 is 11.1 Å². The number of nitrogens with one attached hydrogen (secondary N) is 1. The maximum absolute atomic E-state index is 15.0. The number of hydrogen-bond donors (Lipinski definition) is 2. The van der Waals surface area contributed by atoms with Gasteiger partial charge in [-0.3, -0.25) is 24.1 Å². The summed E-state index contributed by atoms with van der Waals surface area (Å²) in [5.41, 5.74) is 6.85. The third-order valence-electron chi connectivity index (χ3n) is 9.23. The average molecular weight is 843 g/mol. The number of nitrogens with two attached hydrogens (primary N) is 1. The number of amides is 4. The summed E-state index contributed by atoms with van der Waals surface area (Å²) in [7, 11) is 0. The van der Waals surface area contributed by atoms with Gasteiger partial charge in [-0.05, 0) is 60.7 Å². The van der Waals surface area contributed by atoms with Gasteiger partial charge in [0, 0.05) is 79.5 Å². The Balaban J connectivity index is 1.23. The SMILES string of the molecule is CC(C)(C)[C@H](c1nc(-c2cc(F)ccc2F)cn1Cc1ccccc1)N(CCCN)C(=O)CSCCCCCC(=O)NCCSCCSCCN1C(=O)C=CC1=O. The molecule has 1 aliphatic rings. The molecule has 4 rings (SSSR count). The van der Waals surface area contributed by atoms with E-state index in [1.807, 2.05) is 39.8 Å². The molecule has 2 heterocycles. The van der Waals surface area contributed by atoms with Crippen LogP contribution in [0.1, 0.15) is 70.3 Å². The van der Waals surface area contributed by atoms with Crippen LogP contribution in [0.3, 0.4) is 0 Å². The first-order valence-corrected chi connectivity index (χ1v) is 22.9. The monoisotopic (exact) mass is 842 g/mol. The van der Waals surface area contributed by atoms with Crippen molar-refractivity contribution in [3.05, 3.63) is 89.9 Å². The number of carbonyl (C=O) groups excluding carboxylic acids is 4. The molecule has 0 fully saturated rings. The van der Waals surface area contributed by atoms with Crippen LogP contribution in [0.4, 0.5) is 8.78 Å². The van der Waals surface area contributed by atoms with Crippen molar-refractivity contribution in [3.8, 4) is 11.3 Å². The fourth-order valence-corrected chi connectivity index (χ4v) is 9.22. The maximum Gasteiger partial charge on any atom is 0.253 e. The van der Waals surface area contributed by atoms with Gasteiger partial charge in [0.2, 0.25) is 11.8 Å². The molecule has 10 nitrogen and oxygen atoms in total. The highest BCUT2D eigenvalue weighted by Gasteiger charge is 2.38. The molecule has 15 heteroatoms. The molecule has 2 aromatic carbocycles. The van der Waals surface area contributed by atoms with Crippen LogP contribution in [0.25, 0.3) is 11.3 Å². The second-order valence-electron chi connectivity index (χ2n) is 14.8. The van der Waals surface area contributed by atoms with E-state index in [4.69, 9.17) is 10.7 Å². The number of imide groups is 1. The van der Waals surface area contributed by atoms with Crippen molar-refractivity contribution in [3.63, 3.8) is 0 Å². The van der Waals surface area contributed by atoms with Gasteiger partial charge in [-0.2, -0.15) is 35.3 Å². The number of benzene rings is 2. The third-order valence-corrected chi connectivity index (χ3v) is 12.5. The van der Waals surface area contributed by atoms with E-state index in [0.717, 1.165) is 66.0 Å². The molecule has 1 atom stereocenters. The zero-order valence-corrected chi connectivity index (χ0v) is 35.7. The number of carbonyl (C=O) groups is 4. The smallest absolute Gasteiger partial charge is 0.253 e. The standard InChI is InChI=1S/C42H56F2N6O4S3/c1-42(2,3)40(41-47-35(33-27-32(43)14-15-34(33)44)29-48(41)28-31-11-6-4-7-12-31)50(20-10-18-45)39(54)30-57-22-9-5-8-13-36(51)46-19-23-55-25-26-56-24-21-49-37(52)16-17-38(49)53/h4,6-7,11-12,14-17,27,29,40H,5,8-10,13,18-26,28,30,45H2,1-3H3,(H,46,51)/t40-/m0/s1. The van der Waals surface area contributed by atoms with Crippen LogP contribution in [0, 0.1) is 17.0 Å². The van der Waals surface area contributed by atoms with Gasteiger partial charge < -0.3 is 20.5 Å². The van der Waals surface area contributed by atoms with Gasteiger partial charge in [-0.1, -0.05) is 57.5 Å². The fraction of sp³-hybridized carbons (Fsp3) is 0.500. The number of aromatic nitrogens is 2. The van der Waals surface area contributed by atoms with Crippen LogP contribution in [0.2, 0.25) is 0 Å². The van der Waals surface area contributed by atoms with Crippen LogP contribution in [0.5, 0.6) is 0 Å². The van der Waals surface area contributed by atoms with E-state index in [9.17, 15) is 23.6 Å². The Morgan fingerprint density at radius 1 is 0.895 bits per heavy atom. The van der Waals surface area contributed by atoms with E-state index >= 15 is 4.39 Å². The van der Waals surface area contributed by atoms with Gasteiger partial charge in [0.15, 0.2) is 0 Å². The van der Waals surface area contributed by atoms with E-state index in [1.165, 1.54) is 17.1 Å². The minimum atomic E-state index is -0.575. The molecule has 1 aromatic heterocycles. The van der Waals surface area contributed by atoms with Crippen molar-refractivity contribution in [1.82, 2.24) is 24.7 Å². The van der Waals surface area contributed by atoms with Gasteiger partial charge >= 0.3 is 0 Å². The van der Waals surface area contributed by atoms with Crippen molar-refractivity contribution >= 4 is 58.9 Å². The highest BCUT2D eigenvalue weighted by Crippen LogP contribution is 2.40. The van der Waals surface area contributed by atoms with E-state index in [1.54, 1.807) is 41.5 Å². The topological polar surface area (TPSA) is 131 Å². The molecule has 0 radical (unpaired) electrons. The number of hydrogen-bond acceptors (Lipinski definition) is 9. The Labute approximate surface area is 348 Å². The summed E-state index contributed by atoms with van der Waals surface area (Å²) in [6.45, 7) is 8.47. The molecular formula is C42H56F2N6O4S3. The largest absolute Gasteiger partial charge is 0.355 e. The summed E-state index contributed by atoms with van der Waals surface area (Å²) < 4.78 is 31.3. The van der Waals surface area contributed by atoms with Crippen molar-refractivity contribution in [2.75, 3.05) is 60.7 Å². The van der Waals surface area contributed by atoms with Crippen molar-refractivity contribution in [2.45, 2.75) is 65.5 Å². The lowest BCUT2D eigenvalue weighted by Gasteiger charge is -2.40. The summed E-state index contributed by atoms with van der Waals surface area (Å²) in [4.78, 5) is 57.6. The number of rotatable bonds is 25. The van der Waals surface area contributed by atoms with E-state index in [2.05, 4.69) is 26.1 Å². The Kier molecular flexibility index (Phi) is 19.1. The average Bonchev–Trinajstić information content (AvgIpc) is 3.73. The van der Waals surface area contributed by atoms with Gasteiger partial charge in [0.1, 0.15) is 17.5 Å². The van der Waals surface area contributed by atoms with Crippen molar-refractivity contribution in [1.29, 1.82) is 0 Å². The summed E-state index contributed by atoms with van der Waals surface area (Å²) in [6, 6.07) is 12.7. The first kappa shape index (κ1) is 46.0. The second kappa shape index (κ2) is 23.7. The van der Waals surface area contributed by atoms with Gasteiger partial charge in [0.25, 0.3) is 11.8 Å². The molecule has 0 bridgehead atoms. The van der Waals surface area contributed by atoms with E-state index in [0.29, 0.717) is 62.8 Å². The highest BCUT2D eigenvalue weighted by atomic mass is 32.2. The molecule has 0 saturated heterocycles. The van der Waals surface area contributed by atoms with Gasteiger partial charge in [0.05, 0.1) is 17.5 Å². The molecule has 0 saturated carbocycles. The first-order chi connectivity index (χ1) is 27.4. The van der Waals surface area contributed by atoms with Crippen LogP contribution in [0.15, 0.2) is 66.9 Å². The van der Waals surface area contributed by atoms with Crippen molar-refractivity contribution in [2.24, 2.45) is 11.1 Å². The van der Waals surface area contributed by atoms with Crippen LogP contribution in [-0.4, -0.2) is 104 Å². The number of unbranched alkanes of at least 4 members (excludes halogenated alkanes) is 2. The molecule has 0 unspecified atom stereocenters. The number of nitrogens with zero attached hydrogens (tertiary/aromatic N) is 4. The van der Waals surface area contributed by atoms with E-state index in [-0.39, 0.29) is 34.9 Å². The Morgan fingerprint density at radius 2 is 1.61 bits per heavy atom. The van der Waals surface area contributed by atoms with Gasteiger partial charge in [-0.25, -0.2) is 13.8 Å². The Morgan fingerprint density at radius 3 is 2.32 bits per heavy atom. The van der Waals surface area contributed by atoms with Crippen molar-refractivity contribution < 1.29 is 28.0 Å². The lowest BCUT2D eigenvalue weighted by Crippen LogP contribution is -2.44. The fourth-order valence-electron chi connectivity index (χ4n) is 6.42. The lowest BCUT2D eigenvalue weighted by atomic mass is 9.84.